The van der Waals surface area contributed by atoms with Crippen molar-refractivity contribution in [2.45, 2.75) is 6.54 Å². The van der Waals surface area contributed by atoms with Gasteiger partial charge in [0.1, 0.15) is 18.5 Å². The van der Waals surface area contributed by atoms with E-state index in [2.05, 4.69) is 19.7 Å². The first-order valence-electron chi connectivity index (χ1n) is 12.0. The van der Waals surface area contributed by atoms with Crippen LogP contribution in [0.3, 0.4) is 0 Å². The Kier molecular flexibility index (Phi) is 7.01. The highest BCUT2D eigenvalue weighted by molar-refractivity contribution is 7.77. The summed E-state index contributed by atoms with van der Waals surface area (Å²) in [6.07, 6.45) is 6.49. The lowest BCUT2D eigenvalue weighted by atomic mass is 10.1. The predicted octanol–water partition coefficient (Wildman–Crippen LogP) is 4.58. The maximum Gasteiger partial charge on any atom is 0.286 e. The van der Waals surface area contributed by atoms with Crippen LogP contribution in [0.5, 0.6) is 0 Å². The fourth-order valence-electron chi connectivity index (χ4n) is 4.39. The van der Waals surface area contributed by atoms with E-state index in [-0.39, 0.29) is 17.6 Å². The van der Waals surface area contributed by atoms with Crippen molar-refractivity contribution >= 4 is 34.0 Å². The first-order chi connectivity index (χ1) is 19.5. The van der Waals surface area contributed by atoms with Gasteiger partial charge in [0.25, 0.3) is 5.56 Å². The summed E-state index contributed by atoms with van der Waals surface area (Å²) in [4.78, 5) is 31.4. The summed E-state index contributed by atoms with van der Waals surface area (Å²) >= 11 is 3.99. The van der Waals surface area contributed by atoms with Gasteiger partial charge >= 0.3 is 0 Å². The Labute approximate surface area is 235 Å². The zero-order valence-corrected chi connectivity index (χ0v) is 22.3. The molecule has 0 radical (unpaired) electrons. The average Bonchev–Trinajstić information content (AvgIpc) is 3.42. The van der Waals surface area contributed by atoms with Crippen LogP contribution in [0.2, 0.25) is 5.02 Å². The Morgan fingerprint density at radius 3 is 2.35 bits per heavy atom. The minimum atomic E-state index is -2.14. The van der Waals surface area contributed by atoms with Gasteiger partial charge < -0.3 is 0 Å². The van der Waals surface area contributed by atoms with Crippen molar-refractivity contribution in [3.8, 4) is 33.9 Å². The Morgan fingerprint density at radius 2 is 1.62 bits per heavy atom. The van der Waals surface area contributed by atoms with Gasteiger partial charge in [-0.25, -0.2) is 28.9 Å². The highest BCUT2D eigenvalue weighted by Crippen LogP contribution is 2.27. The molecule has 3 aromatic heterocycles. The summed E-state index contributed by atoms with van der Waals surface area (Å²) in [7, 11) is 0. The fourth-order valence-corrected chi connectivity index (χ4v) is 4.80. The van der Waals surface area contributed by atoms with E-state index in [0.717, 1.165) is 16.7 Å². The number of fused-ring (bicyclic) bond motifs is 1. The third-order valence-corrected chi connectivity index (χ3v) is 6.93. The molecule has 0 spiro atoms. The summed E-state index contributed by atoms with van der Waals surface area (Å²) in [5.74, 6) is 0.422. The van der Waals surface area contributed by atoms with E-state index in [9.17, 15) is 9.00 Å². The van der Waals surface area contributed by atoms with Crippen LogP contribution in [0.1, 0.15) is 5.56 Å². The van der Waals surface area contributed by atoms with Crippen molar-refractivity contribution in [3.05, 3.63) is 119 Å². The third-order valence-electron chi connectivity index (χ3n) is 6.28. The van der Waals surface area contributed by atoms with E-state index in [1.54, 1.807) is 47.6 Å². The van der Waals surface area contributed by atoms with Gasteiger partial charge in [-0.1, -0.05) is 48.0 Å². The second-order valence-electron chi connectivity index (χ2n) is 8.78. The summed E-state index contributed by atoms with van der Waals surface area (Å²) in [5.41, 5.74) is 4.80. The fraction of sp³-hybridized carbons (Fsp3) is 0.0357. The van der Waals surface area contributed by atoms with Gasteiger partial charge in [-0.3, -0.25) is 18.5 Å². The lowest BCUT2D eigenvalue weighted by molar-refractivity contribution is 0.548. The predicted molar refractivity (Wildman–Crippen MR) is 154 cm³/mol. The molecule has 1 atom stereocenters. The number of hydrogen-bond acceptors (Lipinski definition) is 6. The molecule has 6 rings (SSSR count). The highest BCUT2D eigenvalue weighted by atomic mass is 35.5. The summed E-state index contributed by atoms with van der Waals surface area (Å²) in [6.45, 7) is 0.185. The molecule has 6 aromatic rings. The first kappa shape index (κ1) is 25.7. The molecule has 0 aliphatic heterocycles. The van der Waals surface area contributed by atoms with E-state index >= 15 is 0 Å². The molecule has 10 nitrogen and oxygen atoms in total. The maximum atomic E-state index is 13.9. The van der Waals surface area contributed by atoms with Crippen LogP contribution >= 0.6 is 11.6 Å². The van der Waals surface area contributed by atoms with Crippen LogP contribution in [0.25, 0.3) is 45.1 Å². The van der Waals surface area contributed by atoms with Gasteiger partial charge in [0.05, 0.1) is 5.69 Å². The highest BCUT2D eigenvalue weighted by Gasteiger charge is 2.19. The molecule has 2 N–H and O–H groups in total. The first-order valence-corrected chi connectivity index (χ1v) is 13.5. The molecule has 0 aliphatic carbocycles. The number of nitrogens with zero attached hydrogens (tertiary/aromatic N) is 6. The molecule has 0 saturated heterocycles. The second-order valence-corrected chi connectivity index (χ2v) is 10.0. The molecular weight excluding hydrogens is 550 g/mol. The van der Waals surface area contributed by atoms with Gasteiger partial charge in [-0.05, 0) is 47.5 Å². The number of aromatic nitrogens is 6. The van der Waals surface area contributed by atoms with Crippen LogP contribution in [0.15, 0.2) is 103 Å². The molecule has 0 saturated carbocycles. The molecule has 0 aliphatic rings. The minimum absolute atomic E-state index is 0.185. The van der Waals surface area contributed by atoms with Gasteiger partial charge in [-0.2, -0.15) is 0 Å². The van der Waals surface area contributed by atoms with Gasteiger partial charge in [-0.15, -0.1) is 0 Å². The molecule has 0 amide bonds. The van der Waals surface area contributed by atoms with Crippen LogP contribution in [0, 0.1) is 0 Å². The van der Waals surface area contributed by atoms with E-state index in [0.29, 0.717) is 33.4 Å². The van der Waals surface area contributed by atoms with E-state index < -0.39 is 11.3 Å². The Hall–Kier alpha value is -4.55. The van der Waals surface area contributed by atoms with Gasteiger partial charge in [0, 0.05) is 40.8 Å². The topological polar surface area (TPSA) is 128 Å². The molecule has 3 heterocycles. The molecule has 0 bridgehead atoms. The molecule has 198 valence electrons. The largest absolute Gasteiger partial charge is 0.294 e. The van der Waals surface area contributed by atoms with E-state index in [1.165, 1.54) is 10.9 Å². The monoisotopic (exact) mass is 569 g/mol. The average molecular weight is 570 g/mol. The van der Waals surface area contributed by atoms with Crippen molar-refractivity contribution in [1.29, 1.82) is 0 Å². The van der Waals surface area contributed by atoms with Crippen molar-refractivity contribution in [2.24, 2.45) is 0 Å². The molecule has 0 fully saturated rings. The van der Waals surface area contributed by atoms with E-state index in [4.69, 9.17) is 21.1 Å². The van der Waals surface area contributed by atoms with Crippen LogP contribution in [-0.4, -0.2) is 37.8 Å². The number of benzene rings is 3. The summed E-state index contributed by atoms with van der Waals surface area (Å²) in [6, 6.07) is 21.9. The van der Waals surface area contributed by atoms with Crippen molar-refractivity contribution in [2.75, 3.05) is 0 Å². The van der Waals surface area contributed by atoms with Gasteiger partial charge in [0.15, 0.2) is 11.2 Å². The third kappa shape index (κ3) is 5.06. The van der Waals surface area contributed by atoms with Crippen LogP contribution in [-0.2, 0) is 17.8 Å². The summed E-state index contributed by atoms with van der Waals surface area (Å²) in [5, 5.41) is 0.547. The standard InChI is InChI=1S/C28H20ClN7O3S/c29-22-8-10-23(11-9-22)36-26(20-6-4-19(5-7-20)21-14-30-16-31-15-21)34-27-25(28(36)37)32-17-35(27)24-3-1-2-18(12-24)13-33-40(38)39/h1-12,14-17,33H,13H2,(H,38,39). The normalized spacial score (nSPS) is 12.1. The Morgan fingerprint density at radius 1 is 0.900 bits per heavy atom. The Balaban J connectivity index is 1.53. The lowest BCUT2D eigenvalue weighted by Crippen LogP contribution is -2.22. The molecule has 3 aromatic carbocycles. The number of nitrogens with one attached hydrogen (secondary N) is 1. The minimum Gasteiger partial charge on any atom is -0.294 e. The maximum absolute atomic E-state index is 13.9. The molecule has 40 heavy (non-hydrogen) atoms. The smallest absolute Gasteiger partial charge is 0.286 e. The van der Waals surface area contributed by atoms with Crippen molar-refractivity contribution in [3.63, 3.8) is 0 Å². The molecule has 12 heteroatoms. The SMILES string of the molecule is O=c1c2ncn(-c3cccc(CNS(=O)O)c3)c2nc(-c2ccc(-c3cncnc3)cc2)n1-c1ccc(Cl)cc1. The number of rotatable bonds is 7. The number of imidazole rings is 1. The van der Waals surface area contributed by atoms with Crippen molar-refractivity contribution < 1.29 is 8.76 Å². The van der Waals surface area contributed by atoms with Gasteiger partial charge in [0.2, 0.25) is 11.3 Å². The van der Waals surface area contributed by atoms with Crippen LogP contribution < -0.4 is 10.3 Å². The lowest BCUT2D eigenvalue weighted by Gasteiger charge is -2.14. The van der Waals surface area contributed by atoms with Crippen LogP contribution in [0.4, 0.5) is 0 Å². The quantitative estimate of drug-likeness (QED) is 0.269. The number of hydrogen-bond donors (Lipinski definition) is 2. The second kappa shape index (κ2) is 10.9. The molecule has 1 unspecified atom stereocenters. The van der Waals surface area contributed by atoms with E-state index in [1.807, 2.05) is 48.5 Å². The Bertz CT molecular complexity index is 1910. The molecular formula is C28H20ClN7O3S. The zero-order valence-electron chi connectivity index (χ0n) is 20.7. The zero-order chi connectivity index (χ0) is 27.6. The number of halogens is 1. The van der Waals surface area contributed by atoms with Crippen molar-refractivity contribution in [1.82, 2.24) is 33.8 Å². The summed E-state index contributed by atoms with van der Waals surface area (Å²) < 4.78 is 25.9.